The number of carbonyl (C=O) groups is 1. The van der Waals surface area contributed by atoms with E-state index in [1.54, 1.807) is 0 Å². The van der Waals surface area contributed by atoms with Crippen LogP contribution in [0.15, 0.2) is 12.7 Å². The van der Waals surface area contributed by atoms with E-state index < -0.39 is 11.7 Å². The summed E-state index contributed by atoms with van der Waals surface area (Å²) in [4.78, 5) is 11.0. The van der Waals surface area contributed by atoms with E-state index in [-0.39, 0.29) is 6.54 Å². The third-order valence-corrected chi connectivity index (χ3v) is 0.924. The van der Waals surface area contributed by atoms with E-state index in [1.807, 2.05) is 20.8 Å². The van der Waals surface area contributed by atoms with Gasteiger partial charge < -0.3 is 10.1 Å². The van der Waals surface area contributed by atoms with Crippen LogP contribution in [-0.2, 0) is 4.74 Å². The van der Waals surface area contributed by atoms with Gasteiger partial charge in [0.2, 0.25) is 0 Å². The van der Waals surface area contributed by atoms with E-state index >= 15 is 0 Å². The van der Waals surface area contributed by atoms with Crippen LogP contribution < -0.4 is 5.32 Å². The molecular formula is C10H15NO2. The van der Waals surface area contributed by atoms with Gasteiger partial charge in [0, 0.05) is 0 Å². The van der Waals surface area contributed by atoms with Crippen LogP contribution in [0.4, 0.5) is 4.79 Å². The summed E-state index contributed by atoms with van der Waals surface area (Å²) in [6.45, 7) is 9.12. The molecule has 0 aromatic heterocycles. The van der Waals surface area contributed by atoms with Crippen LogP contribution >= 0.6 is 0 Å². The van der Waals surface area contributed by atoms with E-state index in [9.17, 15) is 4.79 Å². The Morgan fingerprint density at radius 3 is 2.69 bits per heavy atom. The predicted octanol–water partition coefficient (Wildman–Crippen LogP) is 1.70. The Balaban J connectivity index is 3.70. The zero-order valence-electron chi connectivity index (χ0n) is 8.31. The Labute approximate surface area is 79.2 Å². The van der Waals surface area contributed by atoms with Gasteiger partial charge in [0.25, 0.3) is 0 Å². The number of rotatable bonds is 1. The van der Waals surface area contributed by atoms with Crippen molar-refractivity contribution in [3.05, 3.63) is 12.7 Å². The summed E-state index contributed by atoms with van der Waals surface area (Å²) >= 11 is 0. The Morgan fingerprint density at radius 1 is 1.62 bits per heavy atom. The van der Waals surface area contributed by atoms with E-state index in [0.717, 1.165) is 0 Å². The number of ether oxygens (including phenoxy) is 1. The maximum atomic E-state index is 11.0. The van der Waals surface area contributed by atoms with Crippen molar-refractivity contribution in [2.45, 2.75) is 26.4 Å². The molecule has 0 spiro atoms. The summed E-state index contributed by atoms with van der Waals surface area (Å²) in [7, 11) is 0. The highest BCUT2D eigenvalue weighted by molar-refractivity contribution is 5.68. The van der Waals surface area contributed by atoms with Gasteiger partial charge in [0.05, 0.1) is 6.54 Å². The van der Waals surface area contributed by atoms with Gasteiger partial charge in [-0.15, -0.1) is 0 Å². The van der Waals surface area contributed by atoms with Crippen molar-refractivity contribution in [2.75, 3.05) is 6.54 Å². The molecule has 1 amide bonds. The van der Waals surface area contributed by atoms with Crippen molar-refractivity contribution in [2.24, 2.45) is 0 Å². The lowest BCUT2D eigenvalue weighted by Gasteiger charge is -2.18. The highest BCUT2D eigenvalue weighted by atomic mass is 16.6. The van der Waals surface area contributed by atoms with Crippen molar-refractivity contribution in [1.82, 2.24) is 5.32 Å². The van der Waals surface area contributed by atoms with Crippen LogP contribution in [-0.4, -0.2) is 18.2 Å². The topological polar surface area (TPSA) is 38.3 Å². The molecule has 0 heterocycles. The number of amides is 1. The molecule has 0 fully saturated rings. The smallest absolute Gasteiger partial charge is 0.408 e. The van der Waals surface area contributed by atoms with Gasteiger partial charge in [-0.1, -0.05) is 18.4 Å². The van der Waals surface area contributed by atoms with Gasteiger partial charge in [-0.25, -0.2) is 4.79 Å². The minimum Gasteiger partial charge on any atom is -0.444 e. The summed E-state index contributed by atoms with van der Waals surface area (Å²) in [6, 6.07) is 0. The monoisotopic (exact) mass is 181 g/mol. The molecule has 1 N–H and O–H groups in total. The number of hydrogen-bond donors (Lipinski definition) is 1. The fourth-order valence-corrected chi connectivity index (χ4v) is 0.554. The molecule has 0 rings (SSSR count). The molecule has 0 aromatic carbocycles. The predicted molar refractivity (Wildman–Crippen MR) is 52.2 cm³/mol. The normalized spacial score (nSPS) is 9.46. The number of alkyl carbamates (subject to hydrolysis) is 1. The average Bonchev–Trinajstić information content (AvgIpc) is 1.94. The first-order valence-corrected chi connectivity index (χ1v) is 4.02. The molecule has 0 saturated heterocycles. The maximum Gasteiger partial charge on any atom is 0.408 e. The highest BCUT2D eigenvalue weighted by Crippen LogP contribution is 2.05. The second-order valence-electron chi connectivity index (χ2n) is 3.38. The number of allylic oxidation sites excluding steroid dienone is 1. The lowest BCUT2D eigenvalue weighted by molar-refractivity contribution is 0.0535. The lowest BCUT2D eigenvalue weighted by Crippen LogP contribution is -2.32. The molecule has 0 saturated carbocycles. The van der Waals surface area contributed by atoms with Gasteiger partial charge in [-0.05, 0) is 26.8 Å². The molecule has 0 radical (unpaired) electrons. The molecule has 0 aliphatic rings. The number of nitrogens with one attached hydrogen (secondary N) is 1. The number of carbonyl (C=O) groups excluding carboxylic acids is 1. The highest BCUT2D eigenvalue weighted by Gasteiger charge is 2.14. The second-order valence-corrected chi connectivity index (χ2v) is 3.38. The lowest BCUT2D eigenvalue weighted by atomic mass is 10.2. The SMILES string of the molecule is C=CC#CCNC(=O)OC(C)(C)C. The standard InChI is InChI=1S/C10H15NO2/c1-5-6-7-8-11-9(12)13-10(2,3)4/h5H,1,8H2,2-4H3,(H,11,12). The van der Waals surface area contributed by atoms with Crippen molar-refractivity contribution < 1.29 is 9.53 Å². The van der Waals surface area contributed by atoms with E-state index in [0.29, 0.717) is 0 Å². The summed E-state index contributed by atoms with van der Waals surface area (Å²) in [5.74, 6) is 5.28. The molecule has 0 bridgehead atoms. The Bertz CT molecular complexity index is 240. The van der Waals surface area contributed by atoms with E-state index in [2.05, 4.69) is 23.7 Å². The summed E-state index contributed by atoms with van der Waals surface area (Å²) in [5, 5.41) is 2.49. The molecule has 0 aliphatic heterocycles. The van der Waals surface area contributed by atoms with Gasteiger partial charge in [0.15, 0.2) is 0 Å². The second kappa shape index (κ2) is 5.26. The maximum absolute atomic E-state index is 11.0. The van der Waals surface area contributed by atoms with Gasteiger partial charge in [-0.3, -0.25) is 0 Å². The fourth-order valence-electron chi connectivity index (χ4n) is 0.554. The molecule has 13 heavy (non-hydrogen) atoms. The molecule has 3 heteroatoms. The Kier molecular flexibility index (Phi) is 4.68. The molecular weight excluding hydrogens is 166 g/mol. The zero-order valence-corrected chi connectivity index (χ0v) is 8.31. The van der Waals surface area contributed by atoms with Crippen molar-refractivity contribution in [1.29, 1.82) is 0 Å². The summed E-state index contributed by atoms with van der Waals surface area (Å²) in [6.07, 6.45) is 1.02. The quantitative estimate of drug-likeness (QED) is 0.625. The van der Waals surface area contributed by atoms with Crippen molar-refractivity contribution >= 4 is 6.09 Å². The van der Waals surface area contributed by atoms with Crippen LogP contribution in [0.3, 0.4) is 0 Å². The first-order valence-electron chi connectivity index (χ1n) is 4.02. The Morgan fingerprint density at radius 2 is 2.23 bits per heavy atom. The first kappa shape index (κ1) is 11.6. The molecule has 0 unspecified atom stereocenters. The summed E-state index contributed by atoms with van der Waals surface area (Å²) < 4.78 is 4.97. The van der Waals surface area contributed by atoms with Gasteiger partial charge in [0.1, 0.15) is 5.60 Å². The van der Waals surface area contributed by atoms with E-state index in [4.69, 9.17) is 4.74 Å². The van der Waals surface area contributed by atoms with Gasteiger partial charge >= 0.3 is 6.09 Å². The first-order chi connectivity index (χ1) is 5.95. The van der Waals surface area contributed by atoms with E-state index in [1.165, 1.54) is 6.08 Å². The van der Waals surface area contributed by atoms with Crippen molar-refractivity contribution in [3.8, 4) is 11.8 Å². The minimum atomic E-state index is -0.462. The largest absolute Gasteiger partial charge is 0.444 e. The molecule has 0 aliphatic carbocycles. The molecule has 0 aromatic rings. The minimum absolute atomic E-state index is 0.279. The summed E-state index contributed by atoms with van der Waals surface area (Å²) in [5.41, 5.74) is -0.462. The van der Waals surface area contributed by atoms with Gasteiger partial charge in [-0.2, -0.15) is 0 Å². The Hall–Kier alpha value is -1.43. The number of hydrogen-bond acceptors (Lipinski definition) is 2. The van der Waals surface area contributed by atoms with Crippen LogP contribution in [0.25, 0.3) is 0 Å². The van der Waals surface area contributed by atoms with Crippen molar-refractivity contribution in [3.63, 3.8) is 0 Å². The van der Waals surface area contributed by atoms with Crippen LogP contribution in [0.5, 0.6) is 0 Å². The third-order valence-electron chi connectivity index (χ3n) is 0.924. The average molecular weight is 181 g/mol. The zero-order chi connectivity index (χ0) is 10.3. The molecule has 0 atom stereocenters. The third kappa shape index (κ3) is 8.48. The van der Waals surface area contributed by atoms with Crippen LogP contribution in [0, 0.1) is 11.8 Å². The fraction of sp³-hybridized carbons (Fsp3) is 0.500. The molecule has 72 valence electrons. The molecule has 3 nitrogen and oxygen atoms in total. The van der Waals surface area contributed by atoms with Crippen LogP contribution in [0.2, 0.25) is 0 Å². The van der Waals surface area contributed by atoms with Crippen LogP contribution in [0.1, 0.15) is 20.8 Å².